The maximum absolute atomic E-state index is 12.4. The summed E-state index contributed by atoms with van der Waals surface area (Å²) in [5.41, 5.74) is 2.32. The molecule has 1 saturated heterocycles. The SMILES string of the molecule is Cc1cc(/C=C/C(=O)O)cc(C(=O)N2CCC(C)C2)c1. The average Bonchev–Trinajstić information content (AvgIpc) is 2.81. The lowest BCUT2D eigenvalue weighted by molar-refractivity contribution is -0.131. The molecule has 1 heterocycles. The molecule has 0 saturated carbocycles. The van der Waals surface area contributed by atoms with Gasteiger partial charge in [-0.3, -0.25) is 4.79 Å². The van der Waals surface area contributed by atoms with Crippen molar-refractivity contribution in [2.45, 2.75) is 20.3 Å². The smallest absolute Gasteiger partial charge is 0.328 e. The van der Waals surface area contributed by atoms with E-state index in [1.54, 1.807) is 6.07 Å². The lowest BCUT2D eigenvalue weighted by atomic mass is 10.0. The molecule has 1 aliphatic rings. The van der Waals surface area contributed by atoms with Crippen LogP contribution in [0.1, 0.15) is 34.8 Å². The number of benzene rings is 1. The van der Waals surface area contributed by atoms with Gasteiger partial charge in [0.2, 0.25) is 0 Å². The summed E-state index contributed by atoms with van der Waals surface area (Å²) in [5, 5.41) is 8.66. The zero-order chi connectivity index (χ0) is 14.7. The van der Waals surface area contributed by atoms with Crippen molar-refractivity contribution in [3.63, 3.8) is 0 Å². The molecule has 1 atom stereocenters. The first-order valence-corrected chi connectivity index (χ1v) is 6.77. The van der Waals surface area contributed by atoms with Crippen LogP contribution in [0.5, 0.6) is 0 Å². The molecule has 0 radical (unpaired) electrons. The number of carbonyl (C=O) groups is 2. The Kier molecular flexibility index (Phi) is 4.23. The zero-order valence-corrected chi connectivity index (χ0v) is 11.8. The summed E-state index contributed by atoms with van der Waals surface area (Å²) in [6.07, 6.45) is 3.64. The lowest BCUT2D eigenvalue weighted by Gasteiger charge is -2.16. The van der Waals surface area contributed by atoms with Gasteiger partial charge in [-0.05, 0) is 48.6 Å². The van der Waals surface area contributed by atoms with Crippen LogP contribution >= 0.6 is 0 Å². The van der Waals surface area contributed by atoms with E-state index in [2.05, 4.69) is 6.92 Å². The Morgan fingerprint density at radius 1 is 1.35 bits per heavy atom. The van der Waals surface area contributed by atoms with Crippen LogP contribution < -0.4 is 0 Å². The Labute approximate surface area is 118 Å². The first kappa shape index (κ1) is 14.3. The van der Waals surface area contributed by atoms with E-state index >= 15 is 0 Å². The third-order valence-corrected chi connectivity index (χ3v) is 3.48. The second-order valence-corrected chi connectivity index (χ2v) is 5.45. The molecule has 1 fully saturated rings. The summed E-state index contributed by atoms with van der Waals surface area (Å²) in [6, 6.07) is 5.46. The topological polar surface area (TPSA) is 57.6 Å². The van der Waals surface area contributed by atoms with E-state index < -0.39 is 5.97 Å². The van der Waals surface area contributed by atoms with Crippen LogP contribution in [0.4, 0.5) is 0 Å². The van der Waals surface area contributed by atoms with Gasteiger partial charge in [0, 0.05) is 24.7 Å². The summed E-state index contributed by atoms with van der Waals surface area (Å²) in [7, 11) is 0. The predicted molar refractivity (Wildman–Crippen MR) is 77.5 cm³/mol. The second kappa shape index (κ2) is 5.90. The summed E-state index contributed by atoms with van der Waals surface area (Å²) >= 11 is 0. The fraction of sp³-hybridized carbons (Fsp3) is 0.375. The normalized spacial score (nSPS) is 18.7. The van der Waals surface area contributed by atoms with Crippen molar-refractivity contribution in [3.05, 3.63) is 41.0 Å². The van der Waals surface area contributed by atoms with Gasteiger partial charge < -0.3 is 10.0 Å². The Morgan fingerprint density at radius 3 is 2.70 bits per heavy atom. The Morgan fingerprint density at radius 2 is 2.10 bits per heavy atom. The standard InChI is InChI=1S/C16H19NO3/c1-11-5-6-17(10-11)16(20)14-8-12(2)7-13(9-14)3-4-15(18)19/h3-4,7-9,11H,5-6,10H2,1-2H3,(H,18,19)/b4-3+. The van der Waals surface area contributed by atoms with Crippen molar-refractivity contribution >= 4 is 18.0 Å². The molecule has 4 nitrogen and oxygen atoms in total. The minimum atomic E-state index is -0.993. The van der Waals surface area contributed by atoms with Crippen molar-refractivity contribution in [1.82, 2.24) is 4.90 Å². The average molecular weight is 273 g/mol. The molecule has 1 unspecified atom stereocenters. The summed E-state index contributed by atoms with van der Waals surface area (Å²) < 4.78 is 0. The van der Waals surface area contributed by atoms with Gasteiger partial charge in [0.15, 0.2) is 0 Å². The maximum atomic E-state index is 12.4. The Balaban J connectivity index is 2.23. The van der Waals surface area contributed by atoms with Gasteiger partial charge >= 0.3 is 5.97 Å². The zero-order valence-electron chi connectivity index (χ0n) is 11.8. The van der Waals surface area contributed by atoms with Crippen LogP contribution in [0.25, 0.3) is 6.08 Å². The number of hydrogen-bond acceptors (Lipinski definition) is 2. The van der Waals surface area contributed by atoms with Gasteiger partial charge in [0.25, 0.3) is 5.91 Å². The number of aryl methyl sites for hydroxylation is 1. The quantitative estimate of drug-likeness (QED) is 0.861. The number of aliphatic carboxylic acids is 1. The molecule has 1 N–H and O–H groups in total. The third kappa shape index (κ3) is 3.47. The minimum absolute atomic E-state index is 0.0306. The van der Waals surface area contributed by atoms with Crippen molar-refractivity contribution in [2.24, 2.45) is 5.92 Å². The second-order valence-electron chi connectivity index (χ2n) is 5.45. The number of nitrogens with zero attached hydrogens (tertiary/aromatic N) is 1. The van der Waals surface area contributed by atoms with E-state index in [-0.39, 0.29) is 5.91 Å². The van der Waals surface area contributed by atoms with E-state index in [1.807, 2.05) is 24.0 Å². The first-order valence-electron chi connectivity index (χ1n) is 6.77. The first-order chi connectivity index (χ1) is 9.45. The molecule has 106 valence electrons. The summed E-state index contributed by atoms with van der Waals surface area (Å²) in [5.74, 6) is -0.411. The van der Waals surface area contributed by atoms with Crippen LogP contribution in [-0.2, 0) is 4.79 Å². The highest BCUT2D eigenvalue weighted by Gasteiger charge is 2.24. The van der Waals surface area contributed by atoms with E-state index in [0.29, 0.717) is 11.5 Å². The van der Waals surface area contributed by atoms with Gasteiger partial charge in [-0.15, -0.1) is 0 Å². The number of hydrogen-bond donors (Lipinski definition) is 1. The van der Waals surface area contributed by atoms with Crippen molar-refractivity contribution in [3.8, 4) is 0 Å². The largest absolute Gasteiger partial charge is 0.478 e. The van der Waals surface area contributed by atoms with E-state index in [0.717, 1.165) is 36.7 Å². The van der Waals surface area contributed by atoms with Crippen LogP contribution in [0.3, 0.4) is 0 Å². The molecule has 0 aliphatic carbocycles. The fourth-order valence-electron chi connectivity index (χ4n) is 2.50. The molecule has 1 aromatic carbocycles. The van der Waals surface area contributed by atoms with Gasteiger partial charge in [0.1, 0.15) is 0 Å². The van der Waals surface area contributed by atoms with Crippen LogP contribution in [0, 0.1) is 12.8 Å². The third-order valence-electron chi connectivity index (χ3n) is 3.48. The monoisotopic (exact) mass is 273 g/mol. The molecule has 4 heteroatoms. The number of likely N-dealkylation sites (tertiary alicyclic amines) is 1. The molecule has 1 aliphatic heterocycles. The molecule has 1 amide bonds. The van der Waals surface area contributed by atoms with Crippen LogP contribution in [0.2, 0.25) is 0 Å². The van der Waals surface area contributed by atoms with E-state index in [9.17, 15) is 9.59 Å². The molecule has 2 rings (SSSR count). The minimum Gasteiger partial charge on any atom is -0.478 e. The number of carbonyl (C=O) groups excluding carboxylic acids is 1. The highest BCUT2D eigenvalue weighted by Crippen LogP contribution is 2.19. The fourth-order valence-corrected chi connectivity index (χ4v) is 2.50. The van der Waals surface area contributed by atoms with Crippen molar-refractivity contribution < 1.29 is 14.7 Å². The molecule has 20 heavy (non-hydrogen) atoms. The van der Waals surface area contributed by atoms with Crippen LogP contribution in [-0.4, -0.2) is 35.0 Å². The lowest BCUT2D eigenvalue weighted by Crippen LogP contribution is -2.28. The highest BCUT2D eigenvalue weighted by molar-refractivity contribution is 5.95. The Bertz CT molecular complexity index is 563. The van der Waals surface area contributed by atoms with Crippen molar-refractivity contribution in [1.29, 1.82) is 0 Å². The molecule has 0 aromatic heterocycles. The van der Waals surface area contributed by atoms with E-state index in [1.165, 1.54) is 6.08 Å². The van der Waals surface area contributed by atoms with Gasteiger partial charge in [-0.25, -0.2) is 4.79 Å². The number of carboxylic acid groups (broad SMARTS) is 1. The molecule has 0 spiro atoms. The predicted octanol–water partition coefficient (Wildman–Crippen LogP) is 2.57. The highest BCUT2D eigenvalue weighted by atomic mass is 16.4. The molecule has 1 aromatic rings. The molecular formula is C16H19NO3. The molecular weight excluding hydrogens is 254 g/mol. The number of rotatable bonds is 3. The summed E-state index contributed by atoms with van der Waals surface area (Å²) in [4.78, 5) is 24.8. The number of carboxylic acids is 1. The van der Waals surface area contributed by atoms with Gasteiger partial charge in [-0.1, -0.05) is 13.0 Å². The van der Waals surface area contributed by atoms with E-state index in [4.69, 9.17) is 5.11 Å². The van der Waals surface area contributed by atoms with Crippen molar-refractivity contribution in [2.75, 3.05) is 13.1 Å². The maximum Gasteiger partial charge on any atom is 0.328 e. The Hall–Kier alpha value is -2.10. The van der Waals surface area contributed by atoms with Crippen LogP contribution in [0.15, 0.2) is 24.3 Å². The molecule has 0 bridgehead atoms. The van der Waals surface area contributed by atoms with Gasteiger partial charge in [0.05, 0.1) is 0 Å². The number of amides is 1. The van der Waals surface area contributed by atoms with Gasteiger partial charge in [-0.2, -0.15) is 0 Å². The summed E-state index contributed by atoms with van der Waals surface area (Å²) in [6.45, 7) is 5.65.